The second kappa shape index (κ2) is 9.94. The molecule has 0 aromatic heterocycles. The Hall–Kier alpha value is -2.54. The second-order valence-corrected chi connectivity index (χ2v) is 9.63. The topological polar surface area (TPSA) is 46.6 Å². The number of ether oxygens (including phenoxy) is 1. The van der Waals surface area contributed by atoms with Crippen LogP contribution in [0, 0.1) is 6.92 Å². The molecule has 1 aliphatic heterocycles. The van der Waals surface area contributed by atoms with Gasteiger partial charge in [-0.05, 0) is 54.6 Å². The van der Waals surface area contributed by atoms with Crippen molar-refractivity contribution in [3.63, 3.8) is 0 Å². The molecule has 1 aliphatic rings. The van der Waals surface area contributed by atoms with E-state index in [1.54, 1.807) is 6.08 Å². The molecule has 3 aromatic rings. The van der Waals surface area contributed by atoms with E-state index in [2.05, 4.69) is 15.9 Å². The molecule has 0 unspecified atom stereocenters. The molecule has 0 radical (unpaired) electrons. The molecule has 0 spiro atoms. The molecular weight excluding hydrogens is 510 g/mol. The Bertz CT molecular complexity index is 1210. The molecule has 0 saturated carbocycles. The number of halogens is 2. The highest BCUT2D eigenvalue weighted by Crippen LogP contribution is 2.36. The summed E-state index contributed by atoms with van der Waals surface area (Å²) >= 11 is 10.6. The summed E-state index contributed by atoms with van der Waals surface area (Å²) < 4.78 is 6.84. The minimum Gasteiger partial charge on any atom is -0.488 e. The van der Waals surface area contributed by atoms with Crippen LogP contribution in [0.4, 0.5) is 4.79 Å². The van der Waals surface area contributed by atoms with E-state index in [0.29, 0.717) is 21.2 Å². The summed E-state index contributed by atoms with van der Waals surface area (Å²) in [5, 5.41) is 0.346. The Morgan fingerprint density at radius 2 is 1.81 bits per heavy atom. The van der Waals surface area contributed by atoms with E-state index in [-0.39, 0.29) is 24.3 Å². The molecule has 32 heavy (non-hydrogen) atoms. The van der Waals surface area contributed by atoms with E-state index in [9.17, 15) is 9.59 Å². The van der Waals surface area contributed by atoms with Gasteiger partial charge < -0.3 is 4.74 Å². The minimum atomic E-state index is -0.308. The van der Waals surface area contributed by atoms with Crippen LogP contribution in [0.3, 0.4) is 0 Å². The van der Waals surface area contributed by atoms with Crippen molar-refractivity contribution in [2.24, 2.45) is 0 Å². The number of aryl methyl sites for hydroxylation is 1. The average Bonchev–Trinajstić information content (AvgIpc) is 3.03. The van der Waals surface area contributed by atoms with Crippen molar-refractivity contribution < 1.29 is 14.3 Å². The summed E-state index contributed by atoms with van der Waals surface area (Å²) in [5.41, 5.74) is 3.60. The molecule has 4 rings (SSSR count). The normalized spacial score (nSPS) is 15.0. The lowest BCUT2D eigenvalue weighted by Crippen LogP contribution is -2.27. The zero-order chi connectivity index (χ0) is 22.7. The summed E-state index contributed by atoms with van der Waals surface area (Å²) in [7, 11) is 0. The van der Waals surface area contributed by atoms with Crippen LogP contribution >= 0.6 is 39.3 Å². The van der Waals surface area contributed by atoms with E-state index < -0.39 is 0 Å². The van der Waals surface area contributed by atoms with Gasteiger partial charge in [-0.25, -0.2) is 0 Å². The smallest absolute Gasteiger partial charge is 0.293 e. The van der Waals surface area contributed by atoms with Gasteiger partial charge in [-0.2, -0.15) is 0 Å². The standard InChI is InChI=1S/C25H19BrClNO3S/c1-16-6-8-17(9-7-16)14-28-24(29)23(32-25(28)30)13-19-12-20(26)10-11-22(19)31-15-18-4-2-3-5-21(18)27/h2-13H,14-15H2,1H3/b23-13-. The monoisotopic (exact) mass is 527 g/mol. The SMILES string of the molecule is Cc1ccc(CN2C(=O)S/C(=C\c3cc(Br)ccc3OCc3ccccc3Cl)C2=O)cc1. The first-order valence-electron chi connectivity index (χ1n) is 9.87. The lowest BCUT2D eigenvalue weighted by Gasteiger charge is -2.13. The fourth-order valence-electron chi connectivity index (χ4n) is 3.19. The fourth-order valence-corrected chi connectivity index (χ4v) is 4.59. The van der Waals surface area contributed by atoms with Crippen molar-refractivity contribution in [3.05, 3.63) is 103 Å². The van der Waals surface area contributed by atoms with Crippen LogP contribution in [0.5, 0.6) is 5.75 Å². The van der Waals surface area contributed by atoms with Gasteiger partial charge in [0.15, 0.2) is 0 Å². The lowest BCUT2D eigenvalue weighted by molar-refractivity contribution is -0.123. The molecule has 1 saturated heterocycles. The number of carbonyl (C=O) groups excluding carboxylic acids is 2. The third-order valence-electron chi connectivity index (χ3n) is 4.93. The van der Waals surface area contributed by atoms with Gasteiger partial charge in [0.1, 0.15) is 12.4 Å². The molecule has 3 aromatic carbocycles. The van der Waals surface area contributed by atoms with Crippen molar-refractivity contribution in [3.8, 4) is 5.75 Å². The highest BCUT2D eigenvalue weighted by molar-refractivity contribution is 9.10. The number of hydrogen-bond donors (Lipinski definition) is 0. The van der Waals surface area contributed by atoms with Gasteiger partial charge in [0.2, 0.25) is 0 Å². The maximum atomic E-state index is 13.0. The number of hydrogen-bond acceptors (Lipinski definition) is 4. The van der Waals surface area contributed by atoms with Crippen LogP contribution in [-0.2, 0) is 17.9 Å². The first kappa shape index (κ1) is 22.6. The van der Waals surface area contributed by atoms with E-state index in [1.807, 2.05) is 73.7 Å². The predicted molar refractivity (Wildman–Crippen MR) is 133 cm³/mol. The molecule has 1 fully saturated rings. The summed E-state index contributed by atoms with van der Waals surface area (Å²) in [6.07, 6.45) is 1.70. The molecule has 0 aliphatic carbocycles. The average molecular weight is 529 g/mol. The molecule has 1 heterocycles. The van der Waals surface area contributed by atoms with Gasteiger partial charge in [-0.15, -0.1) is 0 Å². The summed E-state index contributed by atoms with van der Waals surface area (Å²) in [5.74, 6) is 0.288. The molecule has 4 nitrogen and oxygen atoms in total. The van der Waals surface area contributed by atoms with Crippen molar-refractivity contribution >= 4 is 56.5 Å². The molecule has 0 bridgehead atoms. The van der Waals surface area contributed by atoms with Gasteiger partial charge >= 0.3 is 0 Å². The van der Waals surface area contributed by atoms with Crippen LogP contribution in [0.25, 0.3) is 6.08 Å². The van der Waals surface area contributed by atoms with Crippen LogP contribution in [-0.4, -0.2) is 16.0 Å². The molecule has 162 valence electrons. The zero-order valence-corrected chi connectivity index (χ0v) is 20.3. The number of thioether (sulfide) groups is 1. The van der Waals surface area contributed by atoms with Crippen LogP contribution in [0.1, 0.15) is 22.3 Å². The Balaban J connectivity index is 1.55. The van der Waals surface area contributed by atoms with Crippen LogP contribution in [0.2, 0.25) is 5.02 Å². The highest BCUT2D eigenvalue weighted by atomic mass is 79.9. The molecular formula is C25H19BrClNO3S. The van der Waals surface area contributed by atoms with Crippen molar-refractivity contribution in [1.29, 1.82) is 0 Å². The van der Waals surface area contributed by atoms with E-state index in [0.717, 1.165) is 32.9 Å². The quantitative estimate of drug-likeness (QED) is 0.317. The first-order valence-corrected chi connectivity index (χ1v) is 11.9. The summed E-state index contributed by atoms with van der Waals surface area (Å²) in [6.45, 7) is 2.53. The third kappa shape index (κ3) is 5.26. The maximum Gasteiger partial charge on any atom is 0.293 e. The Morgan fingerprint density at radius 3 is 2.56 bits per heavy atom. The summed E-state index contributed by atoms with van der Waals surface area (Å²) in [4.78, 5) is 27.1. The predicted octanol–water partition coefficient (Wildman–Crippen LogP) is 7.23. The van der Waals surface area contributed by atoms with Gasteiger partial charge in [-0.3, -0.25) is 14.5 Å². The number of imide groups is 1. The molecule has 0 N–H and O–H groups in total. The molecule has 2 amide bonds. The fraction of sp³-hybridized carbons (Fsp3) is 0.120. The van der Waals surface area contributed by atoms with E-state index in [4.69, 9.17) is 16.3 Å². The third-order valence-corrected chi connectivity index (χ3v) is 6.70. The Morgan fingerprint density at radius 1 is 1.06 bits per heavy atom. The summed E-state index contributed by atoms with van der Waals surface area (Å²) in [6, 6.07) is 20.8. The number of amides is 2. The first-order chi connectivity index (χ1) is 15.4. The zero-order valence-electron chi connectivity index (χ0n) is 17.2. The lowest BCUT2D eigenvalue weighted by atomic mass is 10.1. The number of rotatable bonds is 6. The van der Waals surface area contributed by atoms with E-state index >= 15 is 0 Å². The number of carbonyl (C=O) groups is 2. The maximum absolute atomic E-state index is 13.0. The van der Waals surface area contributed by atoms with Crippen molar-refractivity contribution in [2.45, 2.75) is 20.1 Å². The highest BCUT2D eigenvalue weighted by Gasteiger charge is 2.35. The number of benzene rings is 3. The molecule has 7 heteroatoms. The Labute approximate surface area is 204 Å². The molecule has 0 atom stereocenters. The van der Waals surface area contributed by atoms with E-state index in [1.165, 1.54) is 4.90 Å². The minimum absolute atomic E-state index is 0.247. The van der Waals surface area contributed by atoms with Gasteiger partial charge in [0.05, 0.1) is 11.4 Å². The second-order valence-electron chi connectivity index (χ2n) is 7.32. The van der Waals surface area contributed by atoms with Crippen molar-refractivity contribution in [2.75, 3.05) is 0 Å². The van der Waals surface area contributed by atoms with Gasteiger partial charge in [0, 0.05) is 20.6 Å². The number of nitrogens with zero attached hydrogens (tertiary/aromatic N) is 1. The van der Waals surface area contributed by atoms with Crippen molar-refractivity contribution in [1.82, 2.24) is 4.90 Å². The van der Waals surface area contributed by atoms with Gasteiger partial charge in [-0.1, -0.05) is 75.6 Å². The largest absolute Gasteiger partial charge is 0.488 e. The Kier molecular flexibility index (Phi) is 7.04. The van der Waals surface area contributed by atoms with Gasteiger partial charge in [0.25, 0.3) is 11.1 Å². The van der Waals surface area contributed by atoms with Crippen LogP contribution in [0.15, 0.2) is 76.1 Å². The van der Waals surface area contributed by atoms with Crippen LogP contribution < -0.4 is 4.74 Å².